The Labute approximate surface area is 76.2 Å². The van der Waals surface area contributed by atoms with Crippen LogP contribution in [0.2, 0.25) is 0 Å². The van der Waals surface area contributed by atoms with Gasteiger partial charge in [0.15, 0.2) is 0 Å². The minimum atomic E-state index is 0.684. The van der Waals surface area contributed by atoms with E-state index < -0.39 is 0 Å². The van der Waals surface area contributed by atoms with Gasteiger partial charge < -0.3 is 5.32 Å². The first-order valence-corrected chi connectivity index (χ1v) is 5.08. The van der Waals surface area contributed by atoms with Crippen molar-refractivity contribution in [3.8, 4) is 0 Å². The van der Waals surface area contributed by atoms with Gasteiger partial charge in [-0.3, -0.25) is 0 Å². The maximum atomic E-state index is 3.89. The molecule has 0 unspecified atom stereocenters. The predicted octanol–water partition coefficient (Wildman–Crippen LogP) is 2.73. The summed E-state index contributed by atoms with van der Waals surface area (Å²) >= 11 is 0. The Bertz CT molecular complexity index is 145. The minimum Gasteiger partial charge on any atom is -0.310 e. The Morgan fingerprint density at radius 1 is 1.50 bits per heavy atom. The van der Waals surface area contributed by atoms with Gasteiger partial charge >= 0.3 is 0 Å². The van der Waals surface area contributed by atoms with Crippen molar-refractivity contribution in [2.45, 2.75) is 45.6 Å². The molecule has 0 bridgehead atoms. The van der Waals surface area contributed by atoms with Crippen LogP contribution in [0.1, 0.15) is 39.5 Å². The van der Waals surface area contributed by atoms with Crippen molar-refractivity contribution in [3.63, 3.8) is 0 Å². The van der Waals surface area contributed by atoms with E-state index in [1.165, 1.54) is 31.3 Å². The van der Waals surface area contributed by atoms with Crippen molar-refractivity contribution < 1.29 is 0 Å². The fourth-order valence-corrected chi connectivity index (χ4v) is 1.96. The van der Waals surface area contributed by atoms with Crippen molar-refractivity contribution in [2.24, 2.45) is 5.92 Å². The predicted molar refractivity (Wildman–Crippen MR) is 54.2 cm³/mol. The summed E-state index contributed by atoms with van der Waals surface area (Å²) < 4.78 is 0. The van der Waals surface area contributed by atoms with Crippen molar-refractivity contribution in [1.82, 2.24) is 5.32 Å². The molecular weight excluding hydrogens is 146 g/mol. The van der Waals surface area contributed by atoms with Gasteiger partial charge in [0.05, 0.1) is 0 Å². The Morgan fingerprint density at radius 2 is 2.08 bits per heavy atom. The number of rotatable bonds is 4. The molecule has 1 heteroatoms. The van der Waals surface area contributed by atoms with Crippen LogP contribution in [-0.4, -0.2) is 12.6 Å². The SMILES string of the molecule is C=C(C)CN[C@@H](C)C1CCCC1. The van der Waals surface area contributed by atoms with Crippen LogP contribution in [0.4, 0.5) is 0 Å². The van der Waals surface area contributed by atoms with Gasteiger partial charge in [-0.15, -0.1) is 0 Å². The summed E-state index contributed by atoms with van der Waals surface area (Å²) in [6.07, 6.45) is 5.71. The Kier molecular flexibility index (Phi) is 3.80. The zero-order valence-electron chi connectivity index (χ0n) is 8.40. The molecule has 1 fully saturated rings. The lowest BCUT2D eigenvalue weighted by molar-refractivity contribution is 0.392. The van der Waals surface area contributed by atoms with Crippen LogP contribution in [0.25, 0.3) is 0 Å². The van der Waals surface area contributed by atoms with Gasteiger partial charge in [-0.05, 0) is 32.6 Å². The molecule has 0 aromatic rings. The van der Waals surface area contributed by atoms with Gasteiger partial charge in [-0.2, -0.15) is 0 Å². The quantitative estimate of drug-likeness (QED) is 0.635. The highest BCUT2D eigenvalue weighted by Gasteiger charge is 2.20. The molecule has 12 heavy (non-hydrogen) atoms. The highest BCUT2D eigenvalue weighted by molar-refractivity contribution is 4.92. The van der Waals surface area contributed by atoms with E-state index in [4.69, 9.17) is 0 Å². The molecule has 0 heterocycles. The van der Waals surface area contributed by atoms with E-state index in [2.05, 4.69) is 25.7 Å². The molecule has 0 saturated heterocycles. The van der Waals surface area contributed by atoms with E-state index in [1.807, 2.05) is 0 Å². The largest absolute Gasteiger partial charge is 0.310 e. The lowest BCUT2D eigenvalue weighted by Gasteiger charge is -2.20. The third kappa shape index (κ3) is 2.98. The van der Waals surface area contributed by atoms with E-state index in [0.717, 1.165) is 12.5 Å². The Hall–Kier alpha value is -0.300. The molecular formula is C11H21N. The maximum absolute atomic E-state index is 3.89. The molecule has 70 valence electrons. The molecule has 1 rings (SSSR count). The summed E-state index contributed by atoms with van der Waals surface area (Å²) in [6.45, 7) is 9.26. The number of hydrogen-bond donors (Lipinski definition) is 1. The van der Waals surface area contributed by atoms with Crippen LogP contribution in [0.5, 0.6) is 0 Å². The first kappa shape index (κ1) is 9.79. The van der Waals surface area contributed by atoms with Gasteiger partial charge in [-0.1, -0.05) is 25.0 Å². The summed E-state index contributed by atoms with van der Waals surface area (Å²) in [5, 5.41) is 3.52. The lowest BCUT2D eigenvalue weighted by Crippen LogP contribution is -2.33. The maximum Gasteiger partial charge on any atom is 0.0161 e. The van der Waals surface area contributed by atoms with E-state index in [1.54, 1.807) is 0 Å². The highest BCUT2D eigenvalue weighted by Crippen LogP contribution is 2.27. The molecule has 1 N–H and O–H groups in total. The summed E-state index contributed by atoms with van der Waals surface area (Å²) in [6, 6.07) is 0.684. The first-order valence-electron chi connectivity index (χ1n) is 5.08. The van der Waals surface area contributed by atoms with E-state index in [9.17, 15) is 0 Å². The minimum absolute atomic E-state index is 0.684. The van der Waals surface area contributed by atoms with Gasteiger partial charge in [-0.25, -0.2) is 0 Å². The molecule has 1 atom stereocenters. The molecule has 1 aliphatic rings. The fraction of sp³-hybridized carbons (Fsp3) is 0.818. The summed E-state index contributed by atoms with van der Waals surface area (Å²) in [5.74, 6) is 0.921. The van der Waals surface area contributed by atoms with Crippen LogP contribution in [0.3, 0.4) is 0 Å². The highest BCUT2D eigenvalue weighted by atomic mass is 14.9. The monoisotopic (exact) mass is 167 g/mol. The first-order chi connectivity index (χ1) is 5.70. The molecule has 0 amide bonds. The second-order valence-electron chi connectivity index (χ2n) is 4.17. The van der Waals surface area contributed by atoms with E-state index >= 15 is 0 Å². The van der Waals surface area contributed by atoms with Crippen molar-refractivity contribution in [2.75, 3.05) is 6.54 Å². The normalized spacial score (nSPS) is 21.2. The Balaban J connectivity index is 2.17. The number of hydrogen-bond acceptors (Lipinski definition) is 1. The third-order valence-corrected chi connectivity index (χ3v) is 2.83. The summed E-state index contributed by atoms with van der Waals surface area (Å²) in [7, 11) is 0. The summed E-state index contributed by atoms with van der Waals surface area (Å²) in [5.41, 5.74) is 1.24. The van der Waals surface area contributed by atoms with Crippen LogP contribution < -0.4 is 5.32 Å². The molecule has 0 aromatic heterocycles. The van der Waals surface area contributed by atoms with Crippen LogP contribution >= 0.6 is 0 Å². The van der Waals surface area contributed by atoms with Crippen molar-refractivity contribution in [1.29, 1.82) is 0 Å². The number of nitrogens with one attached hydrogen (secondary N) is 1. The topological polar surface area (TPSA) is 12.0 Å². The second-order valence-corrected chi connectivity index (χ2v) is 4.17. The molecule has 0 aromatic carbocycles. The van der Waals surface area contributed by atoms with Gasteiger partial charge in [0.2, 0.25) is 0 Å². The van der Waals surface area contributed by atoms with Gasteiger partial charge in [0, 0.05) is 12.6 Å². The Morgan fingerprint density at radius 3 is 2.58 bits per heavy atom. The fourth-order valence-electron chi connectivity index (χ4n) is 1.96. The van der Waals surface area contributed by atoms with Crippen LogP contribution in [-0.2, 0) is 0 Å². The average Bonchev–Trinajstić information content (AvgIpc) is 2.51. The molecule has 0 radical (unpaired) electrons. The second kappa shape index (κ2) is 4.66. The molecule has 0 aliphatic heterocycles. The van der Waals surface area contributed by atoms with Crippen LogP contribution in [0.15, 0.2) is 12.2 Å². The third-order valence-electron chi connectivity index (χ3n) is 2.83. The molecule has 1 nitrogen and oxygen atoms in total. The average molecular weight is 167 g/mol. The lowest BCUT2D eigenvalue weighted by atomic mass is 10.00. The van der Waals surface area contributed by atoms with Gasteiger partial charge in [0.25, 0.3) is 0 Å². The standard InChI is InChI=1S/C11H21N/c1-9(2)8-12-10(3)11-6-4-5-7-11/h10-12H,1,4-8H2,2-3H3/t10-/m0/s1. The van der Waals surface area contributed by atoms with Crippen molar-refractivity contribution >= 4 is 0 Å². The molecule has 0 spiro atoms. The smallest absolute Gasteiger partial charge is 0.0161 e. The molecule has 1 aliphatic carbocycles. The van der Waals surface area contributed by atoms with E-state index in [0.29, 0.717) is 6.04 Å². The van der Waals surface area contributed by atoms with Crippen molar-refractivity contribution in [3.05, 3.63) is 12.2 Å². The summed E-state index contributed by atoms with van der Waals surface area (Å²) in [4.78, 5) is 0. The zero-order chi connectivity index (χ0) is 8.97. The molecule has 1 saturated carbocycles. The van der Waals surface area contributed by atoms with Crippen LogP contribution in [0, 0.1) is 5.92 Å². The van der Waals surface area contributed by atoms with E-state index in [-0.39, 0.29) is 0 Å². The van der Waals surface area contributed by atoms with Gasteiger partial charge in [0.1, 0.15) is 0 Å². The zero-order valence-corrected chi connectivity index (χ0v) is 8.40.